The summed E-state index contributed by atoms with van der Waals surface area (Å²) >= 11 is 0. The van der Waals surface area contributed by atoms with Gasteiger partial charge in [0.25, 0.3) is 0 Å². The zero-order valence-corrected chi connectivity index (χ0v) is 74.6. The number of unbranched alkanes of at least 4 members (excludes halogenated alkanes) is 52. The van der Waals surface area contributed by atoms with Crippen molar-refractivity contribution in [2.24, 2.45) is 0 Å². The van der Waals surface area contributed by atoms with Gasteiger partial charge in [0.15, 0.2) is 0 Å². The largest absolute Gasteiger partial charge is 0.502 e. The number of hydrogen-bond acceptors (Lipinski definition) is 13. The van der Waals surface area contributed by atoms with Crippen LogP contribution < -0.4 is 31.9 Å². The summed E-state index contributed by atoms with van der Waals surface area (Å²) in [4.78, 5) is 77.9. The van der Waals surface area contributed by atoms with E-state index in [1.807, 2.05) is 0 Å². The molecule has 658 valence electrons. The van der Waals surface area contributed by atoms with Crippen LogP contribution in [0.2, 0.25) is 0 Å². The summed E-state index contributed by atoms with van der Waals surface area (Å²) in [5.41, 5.74) is 0. The Morgan fingerprint density at radius 2 is 0.486 bits per heavy atom. The number of carbonyl (C=O) groups excluding carboxylic acids is 5. The van der Waals surface area contributed by atoms with Gasteiger partial charge in [-0.1, -0.05) is 388 Å². The van der Waals surface area contributed by atoms with Crippen LogP contribution in [-0.4, -0.2) is 103 Å². The third kappa shape index (κ3) is 77.0. The Hall–Kier alpha value is -2.67. The smallest absolute Gasteiger partial charge is 0.353 e. The summed E-state index contributed by atoms with van der Waals surface area (Å²) in [6.07, 6.45) is 73.0. The van der Waals surface area contributed by atoms with Crippen LogP contribution in [0.15, 0.2) is 0 Å². The van der Waals surface area contributed by atoms with Crippen LogP contribution in [0.5, 0.6) is 0 Å². The average Bonchev–Trinajstić information content (AvgIpc) is 0.897. The normalized spacial score (nSPS) is 13.8. The lowest BCUT2D eigenvalue weighted by atomic mass is 9.99. The Morgan fingerprint density at radius 1 is 0.270 bits per heavy atom. The van der Waals surface area contributed by atoms with E-state index in [9.17, 15) is 43.3 Å². The van der Waals surface area contributed by atoms with Crippen LogP contribution in [-0.2, 0) is 51.1 Å². The molecule has 0 saturated carbocycles. The third-order valence-electron chi connectivity index (χ3n) is 21.8. The van der Waals surface area contributed by atoms with E-state index in [1.54, 1.807) is 0 Å². The van der Waals surface area contributed by atoms with Gasteiger partial charge in [0, 0.05) is 50.9 Å². The van der Waals surface area contributed by atoms with Crippen LogP contribution in [0.3, 0.4) is 0 Å². The molecule has 4 unspecified atom stereocenters. The van der Waals surface area contributed by atoms with E-state index in [4.69, 9.17) is 18.1 Å². The molecule has 0 aromatic carbocycles. The molecule has 8 N–H and O–H groups in total. The highest BCUT2D eigenvalue weighted by Crippen LogP contribution is 2.48. The molecule has 20 nitrogen and oxygen atoms in total. The van der Waals surface area contributed by atoms with Gasteiger partial charge in [-0.15, -0.1) is 4.67 Å². The van der Waals surface area contributed by atoms with E-state index >= 15 is 0 Å². The van der Waals surface area contributed by atoms with Crippen molar-refractivity contribution < 1.29 is 66.0 Å². The first-order chi connectivity index (χ1) is 54.1. The SMILES string of the molecule is CCCCCCCCCCCCCC(=O)NC(CCCCCCCCC)CC[C@H](COP(=O)(O)OCCNC(=O)NCCOP(=O)(OO)OC[C@@H](CCC(CCCCCCCCC)NC(=O)CCCCCCCCCCCCC)NC(=O)CCCCCCCCCCCCC)NC(=O)CCCCCCCCCCCCC. The minimum Gasteiger partial charge on any atom is -0.353 e. The first kappa shape index (κ1) is 108. The molecule has 0 fully saturated rings. The molecule has 111 heavy (non-hydrogen) atoms. The van der Waals surface area contributed by atoms with Gasteiger partial charge in [-0.05, 0) is 64.2 Å². The monoisotopic (exact) mass is 1620 g/mol. The maximum Gasteiger partial charge on any atom is 0.502 e. The summed E-state index contributed by atoms with van der Waals surface area (Å²) in [5, 5.41) is 27.8. The summed E-state index contributed by atoms with van der Waals surface area (Å²) < 4.78 is 53.4. The molecule has 0 aromatic heterocycles. The molecule has 0 heterocycles. The second-order valence-corrected chi connectivity index (χ2v) is 35.6. The van der Waals surface area contributed by atoms with Crippen molar-refractivity contribution in [2.45, 2.75) is 502 Å². The standard InChI is InChI=1S/C89H178N6O14P2/c1-7-13-19-25-31-35-39-43-49-55-61-67-85(96)92-81(65-59-53-47-29-23-17-11-5)71-73-83(94-87(98)69-63-57-51-45-41-37-33-27-21-15-9-3)79-107-110(102,103)105-77-75-90-89(100)91-76-78-106-111(104,109-101)108-80-84(95-88(99)70-64-58-52-46-42-38-34-28-22-16-10-4)74-72-82(66-60-54-48-30-24-18-12-6)93-86(97)68-62-56-50-44-40-36-32-26-20-14-8-2/h81-84,101H,7-80H2,1-6H3,(H,92,96)(H,93,97)(H,94,98)(H,95,99)(H,102,103)(H2,90,91,100)/t81?,82?,83-,84-,111?/m1/s1. The third-order valence-corrected chi connectivity index (χ3v) is 23.9. The minimum absolute atomic E-state index is 0.0281. The van der Waals surface area contributed by atoms with E-state index < -0.39 is 47.0 Å². The predicted octanol–water partition coefficient (Wildman–Crippen LogP) is 25.6. The number of phosphoric acid groups is 2. The van der Waals surface area contributed by atoms with Crippen molar-refractivity contribution in [3.05, 3.63) is 0 Å². The quantitative estimate of drug-likeness (QED) is 0.0122. The minimum atomic E-state index is -4.69. The second-order valence-electron chi connectivity index (χ2n) is 32.6. The van der Waals surface area contributed by atoms with Crippen LogP contribution in [0.1, 0.15) is 478 Å². The molecule has 22 heteroatoms. The van der Waals surface area contributed by atoms with Gasteiger partial charge >= 0.3 is 21.7 Å². The van der Waals surface area contributed by atoms with Crippen LogP contribution in [0.4, 0.5) is 4.79 Å². The highest BCUT2D eigenvalue weighted by Gasteiger charge is 2.31. The summed E-state index contributed by atoms with van der Waals surface area (Å²) in [6, 6.07) is -2.27. The van der Waals surface area contributed by atoms with Gasteiger partial charge < -0.3 is 36.8 Å². The van der Waals surface area contributed by atoms with E-state index in [2.05, 4.69) is 78.1 Å². The molecule has 0 aliphatic heterocycles. The lowest BCUT2D eigenvalue weighted by Gasteiger charge is -2.24. The fourth-order valence-electron chi connectivity index (χ4n) is 14.7. The van der Waals surface area contributed by atoms with E-state index in [0.29, 0.717) is 51.4 Å². The summed E-state index contributed by atoms with van der Waals surface area (Å²) in [7, 11) is -9.32. The van der Waals surface area contributed by atoms with E-state index in [-0.39, 0.29) is 62.0 Å². The first-order valence-electron chi connectivity index (χ1n) is 47.1. The number of phosphoric ester groups is 2. The van der Waals surface area contributed by atoms with Gasteiger partial charge in [0.05, 0.1) is 38.5 Å². The van der Waals surface area contributed by atoms with Crippen molar-refractivity contribution in [2.75, 3.05) is 39.5 Å². The molecule has 0 rings (SSSR count). The zero-order valence-electron chi connectivity index (χ0n) is 72.8. The van der Waals surface area contributed by atoms with Gasteiger partial charge in [-0.3, -0.25) is 37.3 Å². The van der Waals surface area contributed by atoms with Crippen molar-refractivity contribution in [1.82, 2.24) is 31.9 Å². The average molecular weight is 1620 g/mol. The molecule has 0 aromatic rings. The summed E-state index contributed by atoms with van der Waals surface area (Å²) in [6.45, 7) is 11.5. The van der Waals surface area contributed by atoms with E-state index in [1.165, 1.54) is 244 Å². The Balaban J connectivity index is 5.88. The van der Waals surface area contributed by atoms with Gasteiger partial charge in [0.2, 0.25) is 23.6 Å². The van der Waals surface area contributed by atoms with Crippen LogP contribution >= 0.6 is 15.6 Å². The molecular formula is C89H178N6O14P2. The Kier molecular flexibility index (Phi) is 80.4. The molecule has 6 amide bonds. The molecule has 0 spiro atoms. The first-order valence-corrected chi connectivity index (χ1v) is 50.1. The maximum absolute atomic E-state index is 13.7. The Morgan fingerprint density at radius 3 is 0.748 bits per heavy atom. The van der Waals surface area contributed by atoms with Crippen molar-refractivity contribution in [3.8, 4) is 0 Å². The lowest BCUT2D eigenvalue weighted by molar-refractivity contribution is -0.166. The number of hydrogen-bond donors (Lipinski definition) is 8. The molecule has 0 aliphatic rings. The van der Waals surface area contributed by atoms with Gasteiger partial charge in [-0.25, -0.2) is 19.2 Å². The molecule has 0 bridgehead atoms. The second kappa shape index (κ2) is 82.4. The number of rotatable bonds is 89. The number of urea groups is 1. The van der Waals surface area contributed by atoms with Crippen LogP contribution in [0.25, 0.3) is 0 Å². The predicted molar refractivity (Wildman–Crippen MR) is 462 cm³/mol. The molecule has 0 radical (unpaired) electrons. The molecule has 0 aliphatic carbocycles. The lowest BCUT2D eigenvalue weighted by Crippen LogP contribution is -2.41. The number of amides is 6. The highest BCUT2D eigenvalue weighted by molar-refractivity contribution is 7.48. The molecule has 0 saturated heterocycles. The van der Waals surface area contributed by atoms with Crippen molar-refractivity contribution in [3.63, 3.8) is 0 Å². The summed E-state index contributed by atoms with van der Waals surface area (Å²) in [5.74, 6) is -0.268. The van der Waals surface area contributed by atoms with Gasteiger partial charge in [-0.2, -0.15) is 0 Å². The Bertz CT molecular complexity index is 2190. The fraction of sp³-hybridized carbons (Fsp3) is 0.944. The highest BCUT2D eigenvalue weighted by atomic mass is 31.2. The van der Waals surface area contributed by atoms with Gasteiger partial charge in [0.1, 0.15) is 0 Å². The molecular weight excluding hydrogens is 1440 g/mol. The topological polar surface area (TPSA) is 278 Å². The Labute approximate surface area is 681 Å². The fourth-order valence-corrected chi connectivity index (χ4v) is 16.3. The number of carbonyl (C=O) groups is 5. The van der Waals surface area contributed by atoms with E-state index in [0.717, 1.165) is 141 Å². The zero-order chi connectivity index (χ0) is 81.3. The van der Waals surface area contributed by atoms with Crippen LogP contribution in [0, 0.1) is 0 Å². The van der Waals surface area contributed by atoms with Crippen molar-refractivity contribution >= 4 is 45.3 Å². The maximum atomic E-state index is 13.7. The van der Waals surface area contributed by atoms with Crippen molar-refractivity contribution in [1.29, 1.82) is 0 Å². The molecule has 6 atom stereocenters. The number of nitrogens with one attached hydrogen (secondary N) is 6.